The third kappa shape index (κ3) is 1.55. The Labute approximate surface area is 89.1 Å². The first-order chi connectivity index (χ1) is 7.34. The van der Waals surface area contributed by atoms with E-state index >= 15 is 0 Å². The maximum absolute atomic E-state index is 5.98. The minimum atomic E-state index is 0.272. The molecule has 0 aliphatic carbocycles. The molecule has 3 rings (SSSR count). The van der Waals surface area contributed by atoms with Gasteiger partial charge in [0.25, 0.3) is 0 Å². The fraction of sp³-hybridized carbons (Fsp3) is 0.800. The first-order valence-corrected chi connectivity index (χ1v) is 5.75. The molecule has 3 N–H and O–H groups in total. The smallest absolute Gasteiger partial charge is 0.150 e. The summed E-state index contributed by atoms with van der Waals surface area (Å²) in [5.41, 5.74) is 5.98. The highest BCUT2D eigenvalue weighted by atomic mass is 15.3. The minimum Gasteiger partial charge on any atom is -0.326 e. The quantitative estimate of drug-likeness (QED) is 0.679. The molecular weight excluding hydrogens is 190 g/mol. The Balaban J connectivity index is 1.92. The molecule has 0 amide bonds. The van der Waals surface area contributed by atoms with Crippen LogP contribution in [0, 0.1) is 0 Å². The Morgan fingerprint density at radius 1 is 1.33 bits per heavy atom. The van der Waals surface area contributed by atoms with Crippen molar-refractivity contribution in [1.29, 1.82) is 0 Å². The van der Waals surface area contributed by atoms with Crippen LogP contribution in [0.15, 0.2) is 0 Å². The number of fused-ring (bicyclic) bond motifs is 1. The van der Waals surface area contributed by atoms with Crippen molar-refractivity contribution in [2.24, 2.45) is 5.73 Å². The van der Waals surface area contributed by atoms with Crippen molar-refractivity contribution < 1.29 is 0 Å². The predicted octanol–water partition coefficient (Wildman–Crippen LogP) is -0.0239. The van der Waals surface area contributed by atoms with Crippen molar-refractivity contribution in [1.82, 2.24) is 20.1 Å². The van der Waals surface area contributed by atoms with Crippen molar-refractivity contribution in [2.75, 3.05) is 6.54 Å². The minimum absolute atomic E-state index is 0.272. The zero-order valence-corrected chi connectivity index (χ0v) is 8.82. The van der Waals surface area contributed by atoms with E-state index in [2.05, 4.69) is 20.1 Å². The summed E-state index contributed by atoms with van der Waals surface area (Å²) >= 11 is 0. The molecule has 1 aromatic rings. The summed E-state index contributed by atoms with van der Waals surface area (Å²) in [7, 11) is 0. The number of aromatic nitrogens is 3. The Hall–Kier alpha value is -0.940. The Kier molecular flexibility index (Phi) is 2.21. The van der Waals surface area contributed by atoms with Crippen LogP contribution in [0.1, 0.15) is 37.0 Å². The summed E-state index contributed by atoms with van der Waals surface area (Å²) in [4.78, 5) is 0. The van der Waals surface area contributed by atoms with E-state index in [9.17, 15) is 0 Å². The van der Waals surface area contributed by atoms with Gasteiger partial charge in [-0.25, -0.2) is 0 Å². The van der Waals surface area contributed by atoms with Gasteiger partial charge in [0.1, 0.15) is 11.6 Å². The molecule has 2 aliphatic heterocycles. The van der Waals surface area contributed by atoms with Crippen LogP contribution < -0.4 is 11.1 Å². The molecule has 0 aromatic carbocycles. The van der Waals surface area contributed by atoms with Gasteiger partial charge in [-0.05, 0) is 25.8 Å². The highest BCUT2D eigenvalue weighted by Crippen LogP contribution is 2.24. The topological polar surface area (TPSA) is 68.8 Å². The van der Waals surface area contributed by atoms with E-state index in [0.717, 1.165) is 37.6 Å². The summed E-state index contributed by atoms with van der Waals surface area (Å²) in [6, 6.07) is 0.671. The number of hydrogen-bond acceptors (Lipinski definition) is 4. The van der Waals surface area contributed by atoms with Crippen LogP contribution in [0.3, 0.4) is 0 Å². The van der Waals surface area contributed by atoms with Crippen LogP contribution in [0.4, 0.5) is 0 Å². The van der Waals surface area contributed by atoms with Gasteiger partial charge in [0.15, 0.2) is 0 Å². The summed E-state index contributed by atoms with van der Waals surface area (Å²) in [6.45, 7) is 1.98. The Morgan fingerprint density at radius 3 is 3.07 bits per heavy atom. The molecule has 0 radical (unpaired) electrons. The van der Waals surface area contributed by atoms with E-state index in [4.69, 9.17) is 5.73 Å². The van der Waals surface area contributed by atoms with Crippen molar-refractivity contribution in [3.63, 3.8) is 0 Å². The number of nitrogens with one attached hydrogen (secondary N) is 1. The summed E-state index contributed by atoms with van der Waals surface area (Å²) in [6.07, 6.45) is 4.42. The molecule has 1 saturated heterocycles. The number of rotatable bonds is 1. The maximum atomic E-state index is 5.98. The van der Waals surface area contributed by atoms with Gasteiger partial charge in [-0.2, -0.15) is 0 Å². The summed E-state index contributed by atoms with van der Waals surface area (Å²) < 4.78 is 2.22. The molecule has 82 valence electrons. The molecule has 0 bridgehead atoms. The molecule has 1 aromatic heterocycles. The molecule has 5 heteroatoms. The Morgan fingerprint density at radius 2 is 2.27 bits per heavy atom. The lowest BCUT2D eigenvalue weighted by Gasteiger charge is -2.22. The maximum Gasteiger partial charge on any atom is 0.150 e. The van der Waals surface area contributed by atoms with E-state index in [0.29, 0.717) is 6.04 Å². The van der Waals surface area contributed by atoms with Crippen LogP contribution >= 0.6 is 0 Å². The van der Waals surface area contributed by atoms with Crippen molar-refractivity contribution in [3.8, 4) is 0 Å². The molecule has 5 nitrogen and oxygen atoms in total. The number of nitrogens with two attached hydrogens (primary N) is 1. The van der Waals surface area contributed by atoms with Gasteiger partial charge in [-0.3, -0.25) is 0 Å². The highest BCUT2D eigenvalue weighted by Gasteiger charge is 2.26. The molecule has 15 heavy (non-hydrogen) atoms. The normalized spacial score (nSPS) is 30.5. The van der Waals surface area contributed by atoms with Crippen LogP contribution in [0.2, 0.25) is 0 Å². The molecule has 2 aliphatic rings. The third-order valence-electron chi connectivity index (χ3n) is 3.38. The lowest BCUT2D eigenvalue weighted by atomic mass is 10.1. The lowest BCUT2D eigenvalue weighted by molar-refractivity contribution is 0.428. The van der Waals surface area contributed by atoms with E-state index in [1.807, 2.05) is 0 Å². The lowest BCUT2D eigenvalue weighted by Crippen LogP contribution is -2.33. The average molecular weight is 207 g/mol. The van der Waals surface area contributed by atoms with Gasteiger partial charge >= 0.3 is 0 Å². The third-order valence-corrected chi connectivity index (χ3v) is 3.38. The van der Waals surface area contributed by atoms with E-state index in [1.165, 1.54) is 12.8 Å². The van der Waals surface area contributed by atoms with E-state index in [1.54, 1.807) is 0 Å². The van der Waals surface area contributed by atoms with Gasteiger partial charge in [0.2, 0.25) is 0 Å². The van der Waals surface area contributed by atoms with Gasteiger partial charge < -0.3 is 15.6 Å². The Bertz CT molecular complexity index is 353. The van der Waals surface area contributed by atoms with Gasteiger partial charge in [0.05, 0.1) is 6.04 Å². The van der Waals surface area contributed by atoms with E-state index in [-0.39, 0.29) is 6.04 Å². The van der Waals surface area contributed by atoms with Crippen LogP contribution in [-0.4, -0.2) is 27.4 Å². The number of aryl methyl sites for hydroxylation is 1. The molecular formula is C10H17N5. The second-order valence-corrected chi connectivity index (χ2v) is 4.53. The van der Waals surface area contributed by atoms with Crippen LogP contribution in [0.5, 0.6) is 0 Å². The molecule has 2 unspecified atom stereocenters. The van der Waals surface area contributed by atoms with Crippen LogP contribution in [0.25, 0.3) is 0 Å². The summed E-state index contributed by atoms with van der Waals surface area (Å²) in [5.74, 6) is 2.21. The first-order valence-electron chi connectivity index (χ1n) is 5.75. The molecule has 0 saturated carbocycles. The van der Waals surface area contributed by atoms with Crippen molar-refractivity contribution in [2.45, 2.75) is 44.3 Å². The van der Waals surface area contributed by atoms with Gasteiger partial charge in [-0.1, -0.05) is 0 Å². The highest BCUT2D eigenvalue weighted by molar-refractivity contribution is 5.06. The van der Waals surface area contributed by atoms with Crippen LogP contribution in [-0.2, 0) is 13.0 Å². The SMILES string of the molecule is NC1CCc2nnc(C3CCCN3)n2C1. The van der Waals surface area contributed by atoms with Crippen molar-refractivity contribution in [3.05, 3.63) is 11.6 Å². The fourth-order valence-electron chi connectivity index (χ4n) is 2.54. The zero-order valence-electron chi connectivity index (χ0n) is 8.82. The predicted molar refractivity (Wildman–Crippen MR) is 56.3 cm³/mol. The number of nitrogens with zero attached hydrogens (tertiary/aromatic N) is 3. The van der Waals surface area contributed by atoms with Crippen molar-refractivity contribution >= 4 is 0 Å². The molecule has 3 heterocycles. The average Bonchev–Trinajstić information content (AvgIpc) is 2.83. The molecule has 0 spiro atoms. The molecule has 2 atom stereocenters. The first kappa shape index (κ1) is 9.30. The summed E-state index contributed by atoms with van der Waals surface area (Å²) in [5, 5.41) is 12.0. The van der Waals surface area contributed by atoms with Gasteiger partial charge in [-0.15, -0.1) is 10.2 Å². The zero-order chi connectivity index (χ0) is 10.3. The van der Waals surface area contributed by atoms with E-state index < -0.39 is 0 Å². The van der Waals surface area contributed by atoms with Gasteiger partial charge in [0, 0.05) is 19.0 Å². The fourth-order valence-corrected chi connectivity index (χ4v) is 2.54. The standard InChI is InChI=1S/C10H17N5/c11-7-3-4-9-13-14-10(15(9)6-7)8-2-1-5-12-8/h7-8,12H,1-6,11H2. The second-order valence-electron chi connectivity index (χ2n) is 4.53. The second kappa shape index (κ2) is 3.57. The largest absolute Gasteiger partial charge is 0.326 e. The molecule has 1 fully saturated rings. The monoisotopic (exact) mass is 207 g/mol. The number of hydrogen-bond donors (Lipinski definition) is 2.